The van der Waals surface area contributed by atoms with Crippen LogP contribution in [0.3, 0.4) is 0 Å². The quantitative estimate of drug-likeness (QED) is 0.0164. The minimum absolute atomic E-state index is 0.0974. The molecule has 5 aromatic carbocycles. The number of aromatic nitrogens is 3. The molecule has 0 spiro atoms. The van der Waals surface area contributed by atoms with Gasteiger partial charge in [0, 0.05) is 81.9 Å². The highest BCUT2D eigenvalue weighted by atomic mass is 28.4. The van der Waals surface area contributed by atoms with Crippen molar-refractivity contribution in [3.05, 3.63) is 127 Å². The maximum absolute atomic E-state index is 13.7. The number of phenols is 1. The van der Waals surface area contributed by atoms with E-state index in [9.17, 15) is 19.5 Å². The van der Waals surface area contributed by atoms with Gasteiger partial charge < -0.3 is 55.9 Å². The van der Waals surface area contributed by atoms with Gasteiger partial charge in [-0.2, -0.15) is 0 Å². The molecule has 6 rings (SSSR count). The minimum Gasteiger partial charge on any atom is -0.507 e. The number of rotatable bonds is 35. The molecule has 440 valence electrons. The Morgan fingerprint density at radius 2 is 0.951 bits per heavy atom. The number of carbonyl (C=O) groups is 3. The number of alkyl carbamates (subject to hydrolysis) is 1. The number of ether oxygens (including phenoxy) is 4. The topological polar surface area (TPSA) is 214 Å². The van der Waals surface area contributed by atoms with Crippen molar-refractivity contribution in [2.45, 2.75) is 99.3 Å². The summed E-state index contributed by atoms with van der Waals surface area (Å²) in [5, 5.41) is 14.3. The van der Waals surface area contributed by atoms with E-state index >= 15 is 0 Å². The third-order valence-corrected chi connectivity index (χ3v) is 19.2. The molecule has 2 atom stereocenters. The van der Waals surface area contributed by atoms with E-state index in [1.807, 2.05) is 151 Å². The maximum atomic E-state index is 13.7. The van der Waals surface area contributed by atoms with Crippen LogP contribution in [-0.2, 0) is 50.4 Å². The Kier molecular flexibility index (Phi) is 25.6. The second-order valence-electron chi connectivity index (χ2n) is 19.5. The molecule has 0 radical (unpaired) electrons. The molecule has 20 heteroatoms. The second kappa shape index (κ2) is 32.7. The van der Waals surface area contributed by atoms with Crippen LogP contribution in [0.4, 0.5) is 4.79 Å². The lowest BCUT2D eigenvalue weighted by atomic mass is 9.94. The summed E-state index contributed by atoms with van der Waals surface area (Å²) in [7, 11) is -5.82. The zero-order valence-electron chi connectivity index (χ0n) is 48.6. The number of hydrogen-bond donors (Lipinski definition) is 2. The molecule has 0 aliphatic heterocycles. The van der Waals surface area contributed by atoms with E-state index in [0.717, 1.165) is 33.4 Å². The van der Waals surface area contributed by atoms with Gasteiger partial charge >= 0.3 is 35.6 Å². The molecular formula is C62H80N4O14Si2. The van der Waals surface area contributed by atoms with Crippen LogP contribution in [0.5, 0.6) is 11.5 Å². The van der Waals surface area contributed by atoms with Crippen molar-refractivity contribution in [1.82, 2.24) is 20.3 Å². The Morgan fingerprint density at radius 1 is 0.524 bits per heavy atom. The monoisotopic (exact) mass is 1160 g/mol. The minimum atomic E-state index is -2.93. The maximum Gasteiger partial charge on any atom is 0.500 e. The summed E-state index contributed by atoms with van der Waals surface area (Å²) >= 11 is 0. The van der Waals surface area contributed by atoms with Crippen LogP contribution in [0.1, 0.15) is 81.1 Å². The van der Waals surface area contributed by atoms with Crippen LogP contribution in [0.25, 0.3) is 56.4 Å². The van der Waals surface area contributed by atoms with Gasteiger partial charge in [0.25, 0.3) is 0 Å². The van der Waals surface area contributed by atoms with Crippen LogP contribution in [0.2, 0.25) is 12.1 Å². The summed E-state index contributed by atoms with van der Waals surface area (Å²) in [5.74, 6) is -0.264. The van der Waals surface area contributed by atoms with E-state index < -0.39 is 47.2 Å². The number of benzene rings is 5. The highest BCUT2D eigenvalue weighted by Gasteiger charge is 2.41. The SMILES string of the molecule is CCO[Si](CCCCC(=O)OCC(C)(COC(=O)NCCC[Si](OCC)(OCC)OCC)COC(=O)C(C)Oc1ccc(-c2nc(-c3ccc(-c4ccccc4)cc3)nc(-c3ccc(-c4ccccc4)cc3)n2)c(O)c1)(OCC)OCC. The average Bonchev–Trinajstić information content (AvgIpc) is 3.67. The molecule has 0 saturated carbocycles. The number of nitrogens with one attached hydrogen (secondary N) is 1. The molecule has 1 heterocycles. The van der Waals surface area contributed by atoms with E-state index in [-0.39, 0.29) is 50.1 Å². The molecule has 1 amide bonds. The van der Waals surface area contributed by atoms with Crippen LogP contribution < -0.4 is 10.1 Å². The smallest absolute Gasteiger partial charge is 0.500 e. The summed E-state index contributed by atoms with van der Waals surface area (Å²) in [6, 6.07) is 41.6. The van der Waals surface area contributed by atoms with E-state index in [0.29, 0.717) is 88.2 Å². The summed E-state index contributed by atoms with van der Waals surface area (Å²) in [6.45, 7) is 16.6. The highest BCUT2D eigenvalue weighted by Crippen LogP contribution is 2.35. The van der Waals surface area contributed by atoms with Crippen molar-refractivity contribution < 1.29 is 65.0 Å². The molecule has 0 saturated heterocycles. The fraction of sp³-hybridized carbons (Fsp3) is 0.419. The fourth-order valence-electron chi connectivity index (χ4n) is 8.88. The molecule has 0 aliphatic carbocycles. The number of carbonyl (C=O) groups excluding carboxylic acids is 3. The van der Waals surface area contributed by atoms with E-state index in [1.54, 1.807) is 19.1 Å². The van der Waals surface area contributed by atoms with E-state index in [1.165, 1.54) is 13.0 Å². The first kappa shape index (κ1) is 64.3. The number of unbranched alkanes of at least 4 members (excludes halogenated alkanes) is 1. The molecule has 18 nitrogen and oxygen atoms in total. The lowest BCUT2D eigenvalue weighted by molar-refractivity contribution is -0.160. The number of esters is 2. The average molecular weight is 1160 g/mol. The summed E-state index contributed by atoms with van der Waals surface area (Å²) in [5.41, 5.74) is 4.83. The van der Waals surface area contributed by atoms with Gasteiger partial charge in [-0.1, -0.05) is 109 Å². The third kappa shape index (κ3) is 19.4. The van der Waals surface area contributed by atoms with E-state index in [4.69, 9.17) is 60.5 Å². The predicted octanol–water partition coefficient (Wildman–Crippen LogP) is 12.2. The molecule has 2 unspecified atom stereocenters. The number of aromatic hydroxyl groups is 1. The van der Waals surface area contributed by atoms with Crippen molar-refractivity contribution in [1.29, 1.82) is 0 Å². The Balaban J connectivity index is 1.13. The Morgan fingerprint density at radius 3 is 1.43 bits per heavy atom. The lowest BCUT2D eigenvalue weighted by Gasteiger charge is -2.29. The van der Waals surface area contributed by atoms with Crippen molar-refractivity contribution in [3.8, 4) is 67.9 Å². The number of hydrogen-bond acceptors (Lipinski definition) is 17. The first-order valence-electron chi connectivity index (χ1n) is 28.3. The van der Waals surface area contributed by atoms with Gasteiger partial charge in [0.2, 0.25) is 0 Å². The van der Waals surface area contributed by atoms with Crippen LogP contribution in [0, 0.1) is 5.41 Å². The Labute approximate surface area is 484 Å². The van der Waals surface area contributed by atoms with Crippen LogP contribution in [-0.4, -0.2) is 128 Å². The lowest BCUT2D eigenvalue weighted by Crippen LogP contribution is -2.46. The van der Waals surface area contributed by atoms with Gasteiger partial charge in [-0.05, 0) is 109 Å². The first-order chi connectivity index (χ1) is 39.7. The summed E-state index contributed by atoms with van der Waals surface area (Å²) in [6.07, 6.45) is -0.190. The molecule has 0 bridgehead atoms. The molecule has 0 fully saturated rings. The molecule has 0 aliphatic rings. The highest BCUT2D eigenvalue weighted by molar-refractivity contribution is 6.61. The molecular weight excluding hydrogens is 1080 g/mol. The second-order valence-corrected chi connectivity index (χ2v) is 25.0. The first-order valence-corrected chi connectivity index (χ1v) is 32.2. The Bertz CT molecular complexity index is 2720. The van der Waals surface area contributed by atoms with Crippen LogP contribution in [0.15, 0.2) is 127 Å². The molecule has 82 heavy (non-hydrogen) atoms. The van der Waals surface area contributed by atoms with E-state index in [2.05, 4.69) is 5.32 Å². The standard InChI is InChI=1S/C62H80N4O14Si2/c1-9-74-81(75-10-2,76-11-3)40-22-21-28-56(68)71-43-62(8,45-73-61(70)63-39-23-41-82(77-12-4,78-13-5)79-14-6)44-72-60(69)46(7)80-53-37-38-54(55(67)42-53)59-65-57(51-33-29-49(30-34-51)47-24-17-15-18-25-47)64-58(66-59)52-35-31-50(32-36-52)48-26-19-16-20-27-48/h15-20,24-27,29-38,42,46,67H,9-14,21-23,28,39-41,43-45H2,1-8H3,(H,63,70). The van der Waals surface area contributed by atoms with Crippen molar-refractivity contribution in [3.63, 3.8) is 0 Å². The number of amides is 1. The zero-order valence-corrected chi connectivity index (χ0v) is 50.6. The van der Waals surface area contributed by atoms with Gasteiger partial charge in [-0.25, -0.2) is 24.5 Å². The zero-order chi connectivity index (χ0) is 58.8. The van der Waals surface area contributed by atoms with Crippen molar-refractivity contribution in [2.75, 3.05) is 66.0 Å². The van der Waals surface area contributed by atoms with Gasteiger partial charge in [0.05, 0.1) is 11.0 Å². The predicted molar refractivity (Wildman–Crippen MR) is 317 cm³/mol. The van der Waals surface area contributed by atoms with Gasteiger partial charge in [0.1, 0.15) is 31.3 Å². The largest absolute Gasteiger partial charge is 0.507 e. The molecule has 2 N–H and O–H groups in total. The summed E-state index contributed by atoms with van der Waals surface area (Å²) in [4.78, 5) is 54.5. The van der Waals surface area contributed by atoms with Crippen molar-refractivity contribution >= 4 is 35.6 Å². The van der Waals surface area contributed by atoms with Gasteiger partial charge in [0.15, 0.2) is 23.6 Å². The summed E-state index contributed by atoms with van der Waals surface area (Å²) < 4.78 is 58.9. The third-order valence-electron chi connectivity index (χ3n) is 12.9. The number of phenolic OH excluding ortho intramolecular Hbond substituents is 1. The number of nitrogens with zero attached hydrogens (tertiary/aromatic N) is 3. The normalized spacial score (nSPS) is 12.7. The van der Waals surface area contributed by atoms with Crippen LogP contribution >= 0.6 is 0 Å². The van der Waals surface area contributed by atoms with Crippen molar-refractivity contribution in [2.24, 2.45) is 5.41 Å². The molecule has 6 aromatic rings. The Hall–Kier alpha value is -6.89. The van der Waals surface area contributed by atoms with Gasteiger partial charge in [-0.3, -0.25) is 4.79 Å². The van der Waals surface area contributed by atoms with Gasteiger partial charge in [-0.15, -0.1) is 0 Å². The molecule has 1 aromatic heterocycles. The fourth-order valence-corrected chi connectivity index (χ4v) is 14.2.